The fourth-order valence-corrected chi connectivity index (χ4v) is 3.38. The van der Waals surface area contributed by atoms with Crippen molar-refractivity contribution in [2.24, 2.45) is 0 Å². The maximum absolute atomic E-state index is 12.0. The molecule has 1 fully saturated rings. The van der Waals surface area contributed by atoms with E-state index in [1.165, 1.54) is 11.8 Å². The lowest BCUT2D eigenvalue weighted by Crippen LogP contribution is -2.32. The van der Waals surface area contributed by atoms with E-state index in [9.17, 15) is 9.59 Å². The minimum absolute atomic E-state index is 0.0306. The van der Waals surface area contributed by atoms with E-state index < -0.39 is 0 Å². The van der Waals surface area contributed by atoms with Gasteiger partial charge in [-0.1, -0.05) is 11.8 Å². The molecule has 24 heavy (non-hydrogen) atoms. The molecule has 0 aromatic carbocycles. The van der Waals surface area contributed by atoms with Gasteiger partial charge in [-0.05, 0) is 44.9 Å². The number of nitrogens with one attached hydrogen (secondary N) is 1. The predicted molar refractivity (Wildman–Crippen MR) is 95.0 cm³/mol. The molecule has 2 heterocycles. The zero-order valence-electron chi connectivity index (χ0n) is 14.7. The molecule has 1 aromatic heterocycles. The molecule has 132 valence electrons. The van der Waals surface area contributed by atoms with E-state index in [-0.39, 0.29) is 11.8 Å². The van der Waals surface area contributed by atoms with Gasteiger partial charge < -0.3 is 10.2 Å². The largest absolute Gasteiger partial charge is 0.356 e. The Morgan fingerprint density at radius 3 is 2.33 bits per heavy atom. The van der Waals surface area contributed by atoms with E-state index in [1.807, 2.05) is 25.0 Å². The first kappa shape index (κ1) is 18.7. The van der Waals surface area contributed by atoms with Crippen LogP contribution >= 0.6 is 11.8 Å². The van der Waals surface area contributed by atoms with Gasteiger partial charge in [0.15, 0.2) is 5.16 Å². The maximum atomic E-state index is 12.0. The van der Waals surface area contributed by atoms with Crippen LogP contribution in [0.25, 0.3) is 0 Å². The number of nitrogens with zero attached hydrogens (tertiary/aromatic N) is 3. The van der Waals surface area contributed by atoms with Crippen LogP contribution in [0, 0.1) is 13.8 Å². The Bertz CT molecular complexity index is 577. The van der Waals surface area contributed by atoms with Crippen molar-refractivity contribution in [2.75, 3.05) is 25.9 Å². The van der Waals surface area contributed by atoms with E-state index in [1.54, 1.807) is 0 Å². The summed E-state index contributed by atoms with van der Waals surface area (Å²) in [7, 11) is 0. The summed E-state index contributed by atoms with van der Waals surface area (Å²) in [5, 5.41) is 3.60. The molecule has 0 unspecified atom stereocenters. The van der Waals surface area contributed by atoms with Crippen LogP contribution in [0.5, 0.6) is 0 Å². The average Bonchev–Trinajstić information content (AvgIpc) is 3.08. The first-order valence-corrected chi connectivity index (χ1v) is 9.66. The first-order chi connectivity index (χ1) is 11.5. The maximum Gasteiger partial charge on any atom is 0.224 e. The van der Waals surface area contributed by atoms with Gasteiger partial charge in [-0.3, -0.25) is 9.59 Å². The van der Waals surface area contributed by atoms with Gasteiger partial charge in [-0.2, -0.15) is 0 Å². The van der Waals surface area contributed by atoms with Crippen molar-refractivity contribution in [1.82, 2.24) is 20.2 Å². The third-order valence-electron chi connectivity index (χ3n) is 4.30. The van der Waals surface area contributed by atoms with Crippen LogP contribution in [0.1, 0.15) is 42.6 Å². The van der Waals surface area contributed by atoms with Gasteiger partial charge in [-0.15, -0.1) is 0 Å². The first-order valence-electron chi connectivity index (χ1n) is 8.44. The van der Waals surface area contributed by atoms with Crippen molar-refractivity contribution >= 4 is 23.6 Å². The molecule has 1 saturated heterocycles. The number of hydrogen-bond acceptors (Lipinski definition) is 5. The zero-order chi connectivity index (χ0) is 17.5. The Morgan fingerprint density at radius 2 is 1.75 bits per heavy atom. The zero-order valence-corrected chi connectivity index (χ0v) is 15.5. The second kappa shape index (κ2) is 9.01. The van der Waals surface area contributed by atoms with Crippen molar-refractivity contribution in [3.63, 3.8) is 0 Å². The Kier molecular flexibility index (Phi) is 7.02. The second-order valence-corrected chi connectivity index (χ2v) is 6.82. The number of aryl methyl sites for hydroxylation is 2. The summed E-state index contributed by atoms with van der Waals surface area (Å²) >= 11 is 1.52. The third-order valence-corrected chi connectivity index (χ3v) is 4.85. The van der Waals surface area contributed by atoms with Crippen molar-refractivity contribution in [2.45, 2.75) is 51.1 Å². The number of carbonyl (C=O) groups is 2. The molecular formula is C17H26N4O2S. The molecule has 1 aliphatic heterocycles. The van der Waals surface area contributed by atoms with Gasteiger partial charge >= 0.3 is 0 Å². The molecule has 2 amide bonds. The monoisotopic (exact) mass is 350 g/mol. The molecular weight excluding hydrogens is 324 g/mol. The SMILES string of the molecule is CSc1nc(C)c(CCC(=O)NCCC(=O)N2CCCC2)c(C)n1. The summed E-state index contributed by atoms with van der Waals surface area (Å²) < 4.78 is 0. The second-order valence-electron chi connectivity index (χ2n) is 6.05. The normalized spacial score (nSPS) is 14.0. The van der Waals surface area contributed by atoms with Gasteiger partial charge in [0.05, 0.1) is 0 Å². The van der Waals surface area contributed by atoms with Crippen molar-refractivity contribution < 1.29 is 9.59 Å². The summed E-state index contributed by atoms with van der Waals surface area (Å²) in [6, 6.07) is 0. The Labute approximate surface area is 147 Å². The number of rotatable bonds is 7. The molecule has 1 aromatic rings. The van der Waals surface area contributed by atoms with E-state index in [0.717, 1.165) is 48.0 Å². The van der Waals surface area contributed by atoms with Crippen LogP contribution in [-0.4, -0.2) is 52.6 Å². The van der Waals surface area contributed by atoms with E-state index in [2.05, 4.69) is 15.3 Å². The van der Waals surface area contributed by atoms with Crippen molar-refractivity contribution in [3.05, 3.63) is 17.0 Å². The lowest BCUT2D eigenvalue weighted by atomic mass is 10.1. The number of thioether (sulfide) groups is 1. The highest BCUT2D eigenvalue weighted by atomic mass is 32.2. The summed E-state index contributed by atoms with van der Waals surface area (Å²) in [4.78, 5) is 34.6. The van der Waals surface area contributed by atoms with Crippen LogP contribution in [0.15, 0.2) is 5.16 Å². The molecule has 0 atom stereocenters. The highest BCUT2D eigenvalue weighted by molar-refractivity contribution is 7.98. The molecule has 6 nitrogen and oxygen atoms in total. The van der Waals surface area contributed by atoms with Gasteiger partial charge in [0.2, 0.25) is 11.8 Å². The third kappa shape index (κ3) is 5.19. The highest BCUT2D eigenvalue weighted by Crippen LogP contribution is 2.17. The number of aromatic nitrogens is 2. The van der Waals surface area contributed by atoms with Crippen molar-refractivity contribution in [3.8, 4) is 0 Å². The van der Waals surface area contributed by atoms with Crippen LogP contribution < -0.4 is 5.32 Å². The molecule has 0 saturated carbocycles. The summed E-state index contributed by atoms with van der Waals surface area (Å²) in [6.07, 6.45) is 5.53. The molecule has 2 rings (SSSR count). The molecule has 0 bridgehead atoms. The molecule has 0 spiro atoms. The van der Waals surface area contributed by atoms with E-state index >= 15 is 0 Å². The van der Waals surface area contributed by atoms with Gasteiger partial charge in [0.25, 0.3) is 0 Å². The minimum Gasteiger partial charge on any atom is -0.356 e. The Morgan fingerprint density at radius 1 is 1.12 bits per heavy atom. The number of hydrogen-bond donors (Lipinski definition) is 1. The molecule has 0 aliphatic carbocycles. The minimum atomic E-state index is -0.0306. The van der Waals surface area contributed by atoms with Crippen LogP contribution in [0.3, 0.4) is 0 Å². The quantitative estimate of drug-likeness (QED) is 0.600. The highest BCUT2D eigenvalue weighted by Gasteiger charge is 2.17. The molecule has 0 radical (unpaired) electrons. The van der Waals surface area contributed by atoms with Crippen molar-refractivity contribution in [1.29, 1.82) is 0 Å². The summed E-state index contributed by atoms with van der Waals surface area (Å²) in [5.74, 6) is 0.109. The van der Waals surface area contributed by atoms with Crippen LogP contribution in [-0.2, 0) is 16.0 Å². The van der Waals surface area contributed by atoms with Crippen LogP contribution in [0.4, 0.5) is 0 Å². The van der Waals surface area contributed by atoms with Crippen LogP contribution in [0.2, 0.25) is 0 Å². The number of likely N-dealkylation sites (tertiary alicyclic amines) is 1. The van der Waals surface area contributed by atoms with E-state index in [0.29, 0.717) is 25.8 Å². The Balaban J connectivity index is 1.74. The summed E-state index contributed by atoms with van der Waals surface area (Å²) in [6.45, 7) is 6.04. The summed E-state index contributed by atoms with van der Waals surface area (Å²) in [5.41, 5.74) is 2.91. The lowest BCUT2D eigenvalue weighted by molar-refractivity contribution is -0.130. The van der Waals surface area contributed by atoms with Gasteiger partial charge in [0, 0.05) is 43.9 Å². The fraction of sp³-hybridized carbons (Fsp3) is 0.647. The van der Waals surface area contributed by atoms with Gasteiger partial charge in [0.1, 0.15) is 0 Å². The lowest BCUT2D eigenvalue weighted by Gasteiger charge is -2.15. The van der Waals surface area contributed by atoms with Gasteiger partial charge in [-0.25, -0.2) is 9.97 Å². The average molecular weight is 350 g/mol. The standard InChI is InChI=1S/C17H26N4O2S/c1-12-14(13(2)20-17(19-12)24-3)6-7-15(22)18-9-8-16(23)21-10-4-5-11-21/h4-11H2,1-3H3,(H,18,22). The van der Waals surface area contributed by atoms with E-state index in [4.69, 9.17) is 0 Å². The fourth-order valence-electron chi connectivity index (χ4n) is 2.92. The number of carbonyl (C=O) groups excluding carboxylic acids is 2. The Hall–Kier alpha value is -1.63. The smallest absolute Gasteiger partial charge is 0.224 e. The molecule has 1 aliphatic rings. The molecule has 7 heteroatoms. The molecule has 1 N–H and O–H groups in total. The topological polar surface area (TPSA) is 75.2 Å². The predicted octanol–water partition coefficient (Wildman–Crippen LogP) is 1.88. The number of amides is 2.